The van der Waals surface area contributed by atoms with Crippen molar-refractivity contribution < 1.29 is 9.13 Å². The fraction of sp³-hybridized carbons (Fsp3) is 0.0500. The summed E-state index contributed by atoms with van der Waals surface area (Å²) < 4.78 is 19.0. The van der Waals surface area contributed by atoms with E-state index in [-0.39, 0.29) is 5.82 Å². The van der Waals surface area contributed by atoms with Crippen LogP contribution < -0.4 is 15.4 Å². The predicted molar refractivity (Wildman–Crippen MR) is 104 cm³/mol. The summed E-state index contributed by atoms with van der Waals surface area (Å²) in [6, 6.07) is 21.8. The SMILES string of the molecule is Cc1cc(NC(=S)Nc2ccc(Oc3ccccc3)cc2)ccc1F. The minimum absolute atomic E-state index is 0.238. The zero-order valence-electron chi connectivity index (χ0n) is 13.6. The van der Waals surface area contributed by atoms with E-state index >= 15 is 0 Å². The van der Waals surface area contributed by atoms with Crippen LogP contribution in [0, 0.1) is 12.7 Å². The first-order valence-corrected chi connectivity index (χ1v) is 8.18. The van der Waals surface area contributed by atoms with E-state index in [0.717, 1.165) is 22.9 Å². The van der Waals surface area contributed by atoms with Gasteiger partial charge in [0.05, 0.1) is 0 Å². The smallest absolute Gasteiger partial charge is 0.175 e. The Morgan fingerprint density at radius 2 is 1.44 bits per heavy atom. The Morgan fingerprint density at radius 3 is 2.12 bits per heavy atom. The lowest BCUT2D eigenvalue weighted by atomic mass is 10.2. The number of thiocarbonyl (C=S) groups is 1. The maximum Gasteiger partial charge on any atom is 0.175 e. The Kier molecular flexibility index (Phi) is 5.26. The summed E-state index contributed by atoms with van der Waals surface area (Å²) in [6.07, 6.45) is 0. The van der Waals surface area contributed by atoms with Crippen molar-refractivity contribution >= 4 is 28.7 Å². The summed E-state index contributed by atoms with van der Waals surface area (Å²) in [5.74, 6) is 1.29. The molecule has 2 N–H and O–H groups in total. The number of halogens is 1. The van der Waals surface area contributed by atoms with Crippen molar-refractivity contribution in [1.82, 2.24) is 0 Å². The Labute approximate surface area is 151 Å². The third-order valence-electron chi connectivity index (χ3n) is 3.51. The van der Waals surface area contributed by atoms with Crippen molar-refractivity contribution in [1.29, 1.82) is 0 Å². The molecule has 0 unspecified atom stereocenters. The lowest BCUT2D eigenvalue weighted by Gasteiger charge is -2.12. The number of hydrogen-bond donors (Lipinski definition) is 2. The van der Waals surface area contributed by atoms with E-state index in [1.807, 2.05) is 54.6 Å². The van der Waals surface area contributed by atoms with Crippen molar-refractivity contribution in [2.75, 3.05) is 10.6 Å². The Bertz CT molecular complexity index is 867. The number of benzene rings is 3. The summed E-state index contributed by atoms with van der Waals surface area (Å²) in [7, 11) is 0. The molecule has 0 amide bonds. The molecule has 0 spiro atoms. The Morgan fingerprint density at radius 1 is 0.840 bits per heavy atom. The van der Waals surface area contributed by atoms with E-state index in [4.69, 9.17) is 17.0 Å². The van der Waals surface area contributed by atoms with Gasteiger partial charge in [-0.2, -0.15) is 0 Å². The van der Waals surface area contributed by atoms with E-state index in [2.05, 4.69) is 10.6 Å². The number of aryl methyl sites for hydroxylation is 1. The van der Waals surface area contributed by atoms with E-state index in [0.29, 0.717) is 10.7 Å². The fourth-order valence-electron chi connectivity index (χ4n) is 2.25. The number of hydrogen-bond acceptors (Lipinski definition) is 2. The molecule has 0 fully saturated rings. The zero-order chi connectivity index (χ0) is 17.6. The summed E-state index contributed by atoms with van der Waals surface area (Å²) >= 11 is 5.28. The van der Waals surface area contributed by atoms with E-state index < -0.39 is 0 Å². The number of ether oxygens (including phenoxy) is 1. The molecule has 25 heavy (non-hydrogen) atoms. The first-order chi connectivity index (χ1) is 12.1. The summed E-state index contributed by atoms with van der Waals surface area (Å²) in [5.41, 5.74) is 2.13. The van der Waals surface area contributed by atoms with Crippen LogP contribution in [0.2, 0.25) is 0 Å². The zero-order valence-corrected chi connectivity index (χ0v) is 14.4. The summed E-state index contributed by atoms with van der Waals surface area (Å²) in [5, 5.41) is 6.55. The molecule has 3 rings (SSSR count). The van der Waals surface area contributed by atoms with E-state index in [1.165, 1.54) is 6.07 Å². The van der Waals surface area contributed by atoms with Gasteiger partial charge in [-0.25, -0.2) is 4.39 Å². The third-order valence-corrected chi connectivity index (χ3v) is 3.71. The molecule has 0 aliphatic heterocycles. The first-order valence-electron chi connectivity index (χ1n) is 7.77. The standard InChI is InChI=1S/C20H17FN2OS/c1-14-13-16(9-12-19(14)21)23-20(25)22-15-7-10-18(11-8-15)24-17-5-3-2-4-6-17/h2-13H,1H3,(H2,22,23,25). The van der Waals surface area contributed by atoms with Gasteiger partial charge >= 0.3 is 0 Å². The maximum atomic E-state index is 13.3. The van der Waals surface area contributed by atoms with Crippen LogP contribution in [0.4, 0.5) is 15.8 Å². The maximum absolute atomic E-state index is 13.3. The number of anilines is 2. The molecule has 3 nitrogen and oxygen atoms in total. The van der Waals surface area contributed by atoms with Crippen LogP contribution in [-0.4, -0.2) is 5.11 Å². The van der Waals surface area contributed by atoms with Gasteiger partial charge in [0.25, 0.3) is 0 Å². The van der Waals surface area contributed by atoms with Gasteiger partial charge in [0.2, 0.25) is 0 Å². The average molecular weight is 352 g/mol. The highest BCUT2D eigenvalue weighted by molar-refractivity contribution is 7.80. The van der Waals surface area contributed by atoms with Gasteiger partial charge in [-0.3, -0.25) is 0 Å². The molecule has 126 valence electrons. The minimum Gasteiger partial charge on any atom is -0.457 e. The molecule has 5 heteroatoms. The molecule has 0 atom stereocenters. The van der Waals surface area contributed by atoms with Crippen LogP contribution in [0.25, 0.3) is 0 Å². The summed E-state index contributed by atoms with van der Waals surface area (Å²) in [4.78, 5) is 0. The first kappa shape index (κ1) is 16.9. The molecule has 0 heterocycles. The molecule has 0 saturated carbocycles. The van der Waals surface area contributed by atoms with Gasteiger partial charge in [-0.15, -0.1) is 0 Å². The normalized spacial score (nSPS) is 10.2. The van der Waals surface area contributed by atoms with Gasteiger partial charge in [0.1, 0.15) is 17.3 Å². The Hall–Kier alpha value is -2.92. The number of para-hydroxylation sites is 1. The monoisotopic (exact) mass is 352 g/mol. The van der Waals surface area contributed by atoms with E-state index in [9.17, 15) is 4.39 Å². The molecule has 0 radical (unpaired) electrons. The highest BCUT2D eigenvalue weighted by atomic mass is 32.1. The number of rotatable bonds is 4. The third kappa shape index (κ3) is 4.78. The molecule has 0 aliphatic carbocycles. The second-order valence-corrected chi connectivity index (χ2v) is 5.89. The second-order valence-electron chi connectivity index (χ2n) is 5.48. The van der Waals surface area contributed by atoms with Crippen LogP contribution in [0.1, 0.15) is 5.56 Å². The lowest BCUT2D eigenvalue weighted by Crippen LogP contribution is -2.19. The number of nitrogens with one attached hydrogen (secondary N) is 2. The molecule has 0 aromatic heterocycles. The van der Waals surface area contributed by atoms with Crippen molar-refractivity contribution in [2.24, 2.45) is 0 Å². The van der Waals surface area contributed by atoms with Crippen LogP contribution in [-0.2, 0) is 0 Å². The molecule has 3 aromatic rings. The van der Waals surface area contributed by atoms with Gasteiger partial charge in [0, 0.05) is 11.4 Å². The van der Waals surface area contributed by atoms with Crippen molar-refractivity contribution in [3.63, 3.8) is 0 Å². The summed E-state index contributed by atoms with van der Waals surface area (Å²) in [6.45, 7) is 1.71. The van der Waals surface area contributed by atoms with Crippen LogP contribution >= 0.6 is 12.2 Å². The van der Waals surface area contributed by atoms with Gasteiger partial charge in [0.15, 0.2) is 5.11 Å². The largest absolute Gasteiger partial charge is 0.457 e. The molecule has 0 saturated heterocycles. The predicted octanol–water partition coefficient (Wildman–Crippen LogP) is 5.74. The minimum atomic E-state index is -0.238. The van der Waals surface area contributed by atoms with Crippen molar-refractivity contribution in [3.05, 3.63) is 84.2 Å². The highest BCUT2D eigenvalue weighted by Gasteiger charge is 2.03. The average Bonchev–Trinajstić information content (AvgIpc) is 2.61. The van der Waals surface area contributed by atoms with Crippen LogP contribution in [0.5, 0.6) is 11.5 Å². The molecule has 0 bridgehead atoms. The van der Waals surface area contributed by atoms with Gasteiger partial charge in [-0.1, -0.05) is 18.2 Å². The fourth-order valence-corrected chi connectivity index (χ4v) is 2.48. The lowest BCUT2D eigenvalue weighted by molar-refractivity contribution is 0.483. The topological polar surface area (TPSA) is 33.3 Å². The molecule has 0 aliphatic rings. The van der Waals surface area contributed by atoms with Gasteiger partial charge < -0.3 is 15.4 Å². The highest BCUT2D eigenvalue weighted by Crippen LogP contribution is 2.22. The van der Waals surface area contributed by atoms with Crippen molar-refractivity contribution in [2.45, 2.75) is 6.92 Å². The van der Waals surface area contributed by atoms with Crippen LogP contribution in [0.3, 0.4) is 0 Å². The van der Waals surface area contributed by atoms with Gasteiger partial charge in [-0.05, 0) is 79.3 Å². The Balaban J connectivity index is 1.59. The molecular weight excluding hydrogens is 335 g/mol. The van der Waals surface area contributed by atoms with Crippen LogP contribution in [0.15, 0.2) is 72.8 Å². The van der Waals surface area contributed by atoms with E-state index in [1.54, 1.807) is 19.1 Å². The van der Waals surface area contributed by atoms with Crippen molar-refractivity contribution in [3.8, 4) is 11.5 Å². The quantitative estimate of drug-likeness (QED) is 0.587. The second kappa shape index (κ2) is 7.77. The molecule has 3 aromatic carbocycles. The molecular formula is C20H17FN2OS.